The Kier molecular flexibility index (Phi) is 5.68. The number of hydrogen-bond donors (Lipinski definition) is 3. The lowest BCUT2D eigenvalue weighted by atomic mass is 9.93. The summed E-state index contributed by atoms with van der Waals surface area (Å²) >= 11 is 0. The number of ketones is 1. The number of fused-ring (bicyclic) bond motifs is 1. The molecule has 0 atom stereocenters. The van der Waals surface area contributed by atoms with Crippen LogP contribution in [0.4, 0.5) is 5.69 Å². The van der Waals surface area contributed by atoms with Gasteiger partial charge in [-0.1, -0.05) is 13.8 Å². The van der Waals surface area contributed by atoms with Crippen molar-refractivity contribution in [2.24, 2.45) is 0 Å². The first-order valence-electron chi connectivity index (χ1n) is 8.91. The normalized spacial score (nSPS) is 13.6. The van der Waals surface area contributed by atoms with Gasteiger partial charge in [0.15, 0.2) is 5.78 Å². The zero-order valence-electron chi connectivity index (χ0n) is 15.1. The van der Waals surface area contributed by atoms with E-state index in [4.69, 9.17) is 4.74 Å². The molecule has 2 aromatic heterocycles. The molecule has 26 heavy (non-hydrogen) atoms. The van der Waals surface area contributed by atoms with E-state index in [9.17, 15) is 9.59 Å². The summed E-state index contributed by atoms with van der Waals surface area (Å²) in [5.41, 5.74) is 2.22. The quantitative estimate of drug-likeness (QED) is 0.663. The van der Waals surface area contributed by atoms with Gasteiger partial charge in [0.2, 0.25) is 0 Å². The first-order valence-corrected chi connectivity index (χ1v) is 8.91. The van der Waals surface area contributed by atoms with Gasteiger partial charge in [-0.2, -0.15) is 0 Å². The van der Waals surface area contributed by atoms with Gasteiger partial charge in [-0.05, 0) is 12.8 Å². The van der Waals surface area contributed by atoms with Crippen molar-refractivity contribution in [3.8, 4) is 5.75 Å². The molecular formula is C19H24N4O3. The van der Waals surface area contributed by atoms with E-state index in [1.54, 1.807) is 24.7 Å². The Morgan fingerprint density at radius 1 is 1.38 bits per heavy atom. The third-order valence-electron chi connectivity index (χ3n) is 4.26. The number of ether oxygens (including phenoxy) is 1. The Morgan fingerprint density at radius 2 is 2.23 bits per heavy atom. The standard InChI is InChI=1S/C19H24N4O3/c1-12(2)21-8-9-26-17-6-7-20-11-15(17)23-19(25)13-10-22-14-4-3-5-16(24)18(13)14/h6-7,10-12,21-22H,3-5,8-9H2,1-2H3,(H,23,25). The largest absolute Gasteiger partial charge is 0.490 e. The molecular weight excluding hydrogens is 332 g/mol. The van der Waals surface area contributed by atoms with E-state index in [0.717, 1.165) is 18.5 Å². The highest BCUT2D eigenvalue weighted by atomic mass is 16.5. The molecule has 2 aromatic rings. The lowest BCUT2D eigenvalue weighted by molar-refractivity contribution is 0.0956. The number of carbonyl (C=O) groups excluding carboxylic acids is 2. The second-order valence-electron chi connectivity index (χ2n) is 6.62. The monoisotopic (exact) mass is 356 g/mol. The number of aromatic amines is 1. The highest BCUT2D eigenvalue weighted by Gasteiger charge is 2.26. The van der Waals surface area contributed by atoms with Crippen molar-refractivity contribution in [1.82, 2.24) is 15.3 Å². The number of aromatic nitrogens is 2. The predicted molar refractivity (Wildman–Crippen MR) is 98.9 cm³/mol. The van der Waals surface area contributed by atoms with Crippen molar-refractivity contribution in [1.29, 1.82) is 0 Å². The second-order valence-corrected chi connectivity index (χ2v) is 6.62. The number of H-pyrrole nitrogens is 1. The van der Waals surface area contributed by atoms with Crippen LogP contribution in [0.15, 0.2) is 24.7 Å². The number of nitrogens with one attached hydrogen (secondary N) is 3. The summed E-state index contributed by atoms with van der Waals surface area (Å²) in [7, 11) is 0. The van der Waals surface area contributed by atoms with Crippen LogP contribution in [0.25, 0.3) is 0 Å². The SMILES string of the molecule is CC(C)NCCOc1ccncc1NC(=O)c1c[nH]c2c1C(=O)CCC2. The number of carbonyl (C=O) groups is 2. The molecule has 2 heterocycles. The van der Waals surface area contributed by atoms with Crippen molar-refractivity contribution in [2.45, 2.75) is 39.2 Å². The first-order chi connectivity index (χ1) is 12.6. The number of pyridine rings is 1. The van der Waals surface area contributed by atoms with Crippen molar-refractivity contribution < 1.29 is 14.3 Å². The third-order valence-corrected chi connectivity index (χ3v) is 4.26. The lowest BCUT2D eigenvalue weighted by Crippen LogP contribution is -2.27. The molecule has 0 unspecified atom stereocenters. The Morgan fingerprint density at radius 3 is 3.04 bits per heavy atom. The maximum Gasteiger partial charge on any atom is 0.258 e. The Bertz CT molecular complexity index is 798. The van der Waals surface area contributed by atoms with Crippen LogP contribution >= 0.6 is 0 Å². The van der Waals surface area contributed by atoms with E-state index in [1.807, 2.05) is 0 Å². The van der Waals surface area contributed by atoms with Crippen molar-refractivity contribution in [3.05, 3.63) is 41.5 Å². The van der Waals surface area contributed by atoms with Gasteiger partial charge in [-0.25, -0.2) is 0 Å². The summed E-state index contributed by atoms with van der Waals surface area (Å²) in [5.74, 6) is 0.227. The Labute approximate surface area is 152 Å². The van der Waals surface area contributed by atoms with Crippen LogP contribution in [0.5, 0.6) is 5.75 Å². The van der Waals surface area contributed by atoms with Gasteiger partial charge in [0.1, 0.15) is 18.0 Å². The van der Waals surface area contributed by atoms with E-state index >= 15 is 0 Å². The molecule has 0 bridgehead atoms. The van der Waals surface area contributed by atoms with Crippen LogP contribution in [-0.4, -0.2) is 40.9 Å². The van der Waals surface area contributed by atoms with E-state index in [1.165, 1.54) is 0 Å². The fourth-order valence-corrected chi connectivity index (χ4v) is 3.01. The summed E-state index contributed by atoms with van der Waals surface area (Å²) in [6.07, 6.45) is 6.85. The van der Waals surface area contributed by atoms with Crippen LogP contribution in [0.3, 0.4) is 0 Å². The summed E-state index contributed by atoms with van der Waals surface area (Å²) in [6, 6.07) is 2.09. The fraction of sp³-hybridized carbons (Fsp3) is 0.421. The van der Waals surface area contributed by atoms with Gasteiger partial charge in [0.05, 0.1) is 17.3 Å². The minimum absolute atomic E-state index is 0.0140. The summed E-state index contributed by atoms with van der Waals surface area (Å²) in [5, 5.41) is 6.08. The van der Waals surface area contributed by atoms with Crippen molar-refractivity contribution >= 4 is 17.4 Å². The lowest BCUT2D eigenvalue weighted by Gasteiger charge is -2.14. The first kappa shape index (κ1) is 18.1. The molecule has 3 rings (SSSR count). The predicted octanol–water partition coefficient (Wildman–Crippen LogP) is 2.56. The van der Waals surface area contributed by atoms with Gasteiger partial charge >= 0.3 is 0 Å². The molecule has 0 aliphatic heterocycles. The molecule has 0 fully saturated rings. The molecule has 0 radical (unpaired) electrons. The number of anilines is 1. The van der Waals surface area contributed by atoms with Crippen LogP contribution in [0.2, 0.25) is 0 Å². The average molecular weight is 356 g/mol. The number of amides is 1. The van der Waals surface area contributed by atoms with Gasteiger partial charge in [0, 0.05) is 43.2 Å². The second kappa shape index (κ2) is 8.14. The van der Waals surface area contributed by atoms with Crippen LogP contribution < -0.4 is 15.4 Å². The van der Waals surface area contributed by atoms with Gasteiger partial charge in [-0.15, -0.1) is 0 Å². The smallest absolute Gasteiger partial charge is 0.258 e. The van der Waals surface area contributed by atoms with Crippen molar-refractivity contribution in [2.75, 3.05) is 18.5 Å². The van der Waals surface area contributed by atoms with E-state index < -0.39 is 0 Å². The van der Waals surface area contributed by atoms with E-state index in [2.05, 4.69) is 34.4 Å². The maximum absolute atomic E-state index is 12.7. The molecule has 7 heteroatoms. The minimum Gasteiger partial charge on any atom is -0.490 e. The molecule has 0 spiro atoms. The van der Waals surface area contributed by atoms with Crippen LogP contribution in [0, 0.1) is 0 Å². The zero-order chi connectivity index (χ0) is 18.5. The van der Waals surface area contributed by atoms with E-state index in [-0.39, 0.29) is 11.7 Å². The summed E-state index contributed by atoms with van der Waals surface area (Å²) in [6.45, 7) is 5.31. The van der Waals surface area contributed by atoms with Crippen LogP contribution in [0.1, 0.15) is 53.1 Å². The molecule has 1 amide bonds. The van der Waals surface area contributed by atoms with E-state index in [0.29, 0.717) is 48.2 Å². The zero-order valence-corrected chi connectivity index (χ0v) is 15.1. The topological polar surface area (TPSA) is 96.1 Å². The van der Waals surface area contributed by atoms with Gasteiger partial charge in [-0.3, -0.25) is 14.6 Å². The average Bonchev–Trinajstić information content (AvgIpc) is 3.05. The number of aryl methyl sites for hydroxylation is 1. The molecule has 7 nitrogen and oxygen atoms in total. The number of hydrogen-bond acceptors (Lipinski definition) is 5. The Balaban J connectivity index is 1.70. The summed E-state index contributed by atoms with van der Waals surface area (Å²) < 4.78 is 5.75. The molecule has 0 saturated carbocycles. The highest BCUT2D eigenvalue weighted by molar-refractivity contribution is 6.13. The summed E-state index contributed by atoms with van der Waals surface area (Å²) in [4.78, 5) is 32.0. The number of Topliss-reactive ketones (excluding diaryl/α,β-unsaturated/α-hetero) is 1. The van der Waals surface area contributed by atoms with Crippen molar-refractivity contribution in [3.63, 3.8) is 0 Å². The molecule has 0 saturated heterocycles. The Hall–Kier alpha value is -2.67. The molecule has 138 valence electrons. The third kappa shape index (κ3) is 4.11. The van der Waals surface area contributed by atoms with Gasteiger partial charge in [0.25, 0.3) is 5.91 Å². The molecule has 1 aliphatic carbocycles. The molecule has 1 aliphatic rings. The van der Waals surface area contributed by atoms with Gasteiger partial charge < -0.3 is 20.4 Å². The maximum atomic E-state index is 12.7. The minimum atomic E-state index is -0.337. The van der Waals surface area contributed by atoms with Crippen LogP contribution in [-0.2, 0) is 6.42 Å². The number of nitrogens with zero attached hydrogens (tertiary/aromatic N) is 1. The highest BCUT2D eigenvalue weighted by Crippen LogP contribution is 2.27. The molecule has 3 N–H and O–H groups in total. The molecule has 0 aromatic carbocycles. The fourth-order valence-electron chi connectivity index (χ4n) is 3.01. The number of rotatable bonds is 7.